The fourth-order valence-electron chi connectivity index (χ4n) is 3.50. The van der Waals surface area contributed by atoms with Crippen molar-refractivity contribution in [2.75, 3.05) is 26.7 Å². The van der Waals surface area contributed by atoms with Crippen LogP contribution in [0.2, 0.25) is 0 Å². The van der Waals surface area contributed by atoms with E-state index in [2.05, 4.69) is 4.90 Å². The van der Waals surface area contributed by atoms with E-state index in [0.29, 0.717) is 31.2 Å². The molecule has 166 valence electrons. The standard InChI is InChI=1S/C26H25F2NO3/c1-18-25(32-24-6-4-3-5-23(24)31-18)17-29(2)15-16-30-26(19-7-11-21(27)12-8-19)20-9-13-22(28)14-10-20/h3-14,26H,15-17H2,1-2H3. The Balaban J connectivity index is 1.38. The molecule has 0 bridgehead atoms. The van der Waals surface area contributed by atoms with Gasteiger partial charge in [-0.1, -0.05) is 36.4 Å². The number of hydrogen-bond donors (Lipinski definition) is 0. The Hall–Kier alpha value is -3.22. The summed E-state index contributed by atoms with van der Waals surface area (Å²) >= 11 is 0. The zero-order chi connectivity index (χ0) is 22.5. The highest BCUT2D eigenvalue weighted by Crippen LogP contribution is 2.34. The lowest BCUT2D eigenvalue weighted by molar-refractivity contribution is 0.0642. The number of halogens is 2. The lowest BCUT2D eigenvalue weighted by atomic mass is 10.0. The molecule has 0 atom stereocenters. The van der Waals surface area contributed by atoms with Gasteiger partial charge in [0.1, 0.15) is 23.5 Å². The SMILES string of the molecule is CC1=C(CN(C)CCOC(c2ccc(F)cc2)c2ccc(F)cc2)Oc2ccccc2O1. The maximum absolute atomic E-state index is 13.4. The van der Waals surface area contributed by atoms with Crippen LogP contribution in [0, 0.1) is 11.6 Å². The van der Waals surface area contributed by atoms with E-state index in [1.165, 1.54) is 24.3 Å². The van der Waals surface area contributed by atoms with Gasteiger partial charge < -0.3 is 14.2 Å². The summed E-state index contributed by atoms with van der Waals surface area (Å²) < 4.78 is 44.8. The highest BCUT2D eigenvalue weighted by Gasteiger charge is 2.20. The third-order valence-electron chi connectivity index (χ3n) is 5.25. The van der Waals surface area contributed by atoms with E-state index in [1.807, 2.05) is 38.2 Å². The van der Waals surface area contributed by atoms with E-state index >= 15 is 0 Å². The summed E-state index contributed by atoms with van der Waals surface area (Å²) in [6.45, 7) is 3.48. The highest BCUT2D eigenvalue weighted by atomic mass is 19.1. The van der Waals surface area contributed by atoms with Gasteiger partial charge in [0, 0.05) is 6.54 Å². The topological polar surface area (TPSA) is 30.9 Å². The van der Waals surface area contributed by atoms with E-state index in [-0.39, 0.29) is 11.6 Å². The molecule has 0 aromatic heterocycles. The van der Waals surface area contributed by atoms with E-state index in [9.17, 15) is 8.78 Å². The number of ether oxygens (including phenoxy) is 3. The van der Waals surface area contributed by atoms with Crippen LogP contribution >= 0.6 is 0 Å². The normalized spacial score (nSPS) is 13.2. The highest BCUT2D eigenvalue weighted by molar-refractivity contribution is 5.44. The second-order valence-corrected chi connectivity index (χ2v) is 7.72. The molecular formula is C26H25F2NO3. The van der Waals surface area contributed by atoms with Crippen molar-refractivity contribution in [3.05, 3.63) is 107 Å². The van der Waals surface area contributed by atoms with Crippen LogP contribution in [-0.4, -0.2) is 31.6 Å². The van der Waals surface area contributed by atoms with Crippen LogP contribution in [0.1, 0.15) is 24.2 Å². The Labute approximate surface area is 186 Å². The first kappa shape index (κ1) is 22.0. The molecule has 0 spiro atoms. The van der Waals surface area contributed by atoms with Gasteiger partial charge in [-0.05, 0) is 61.5 Å². The lowest BCUT2D eigenvalue weighted by Crippen LogP contribution is -2.29. The van der Waals surface area contributed by atoms with E-state index in [4.69, 9.17) is 14.2 Å². The second kappa shape index (κ2) is 9.94. The summed E-state index contributed by atoms with van der Waals surface area (Å²) in [5, 5.41) is 0. The molecule has 3 aromatic rings. The van der Waals surface area contributed by atoms with Crippen molar-refractivity contribution in [3.8, 4) is 11.5 Å². The van der Waals surface area contributed by atoms with Gasteiger partial charge in [0.25, 0.3) is 0 Å². The summed E-state index contributed by atoms with van der Waals surface area (Å²) in [6, 6.07) is 19.9. The predicted molar refractivity (Wildman–Crippen MR) is 118 cm³/mol. The Bertz CT molecular complexity index is 1040. The van der Waals surface area contributed by atoms with Crippen molar-refractivity contribution in [3.63, 3.8) is 0 Å². The number of benzene rings is 3. The molecule has 0 radical (unpaired) electrons. The van der Waals surface area contributed by atoms with Gasteiger partial charge in [-0.25, -0.2) is 8.78 Å². The molecule has 1 aliphatic rings. The Kier molecular flexibility index (Phi) is 6.83. The third-order valence-corrected chi connectivity index (χ3v) is 5.25. The van der Waals surface area contributed by atoms with Crippen LogP contribution in [0.3, 0.4) is 0 Å². The van der Waals surface area contributed by atoms with Gasteiger partial charge in [-0.2, -0.15) is 0 Å². The molecule has 0 unspecified atom stereocenters. The van der Waals surface area contributed by atoms with Gasteiger partial charge in [0.15, 0.2) is 17.3 Å². The molecule has 6 heteroatoms. The number of allylic oxidation sites excluding steroid dienone is 1. The minimum Gasteiger partial charge on any atom is -0.455 e. The molecule has 3 aromatic carbocycles. The van der Waals surface area contributed by atoms with Gasteiger partial charge >= 0.3 is 0 Å². The van der Waals surface area contributed by atoms with Crippen molar-refractivity contribution < 1.29 is 23.0 Å². The fraction of sp³-hybridized carbons (Fsp3) is 0.231. The summed E-state index contributed by atoms with van der Waals surface area (Å²) in [5.41, 5.74) is 1.61. The van der Waals surface area contributed by atoms with Gasteiger partial charge in [-0.3, -0.25) is 4.90 Å². The third kappa shape index (κ3) is 5.33. The Morgan fingerprint density at radius 1 is 0.812 bits per heavy atom. The monoisotopic (exact) mass is 437 g/mol. The predicted octanol–water partition coefficient (Wildman–Crippen LogP) is 5.71. The molecule has 32 heavy (non-hydrogen) atoms. The molecule has 0 N–H and O–H groups in total. The maximum atomic E-state index is 13.4. The lowest BCUT2D eigenvalue weighted by Gasteiger charge is -2.26. The average molecular weight is 437 g/mol. The Morgan fingerprint density at radius 3 is 1.91 bits per heavy atom. The van der Waals surface area contributed by atoms with Crippen molar-refractivity contribution in [1.82, 2.24) is 4.90 Å². The van der Waals surface area contributed by atoms with Gasteiger partial charge in [0.05, 0.1) is 13.2 Å². The summed E-state index contributed by atoms with van der Waals surface area (Å²) in [6.07, 6.45) is -0.424. The van der Waals surface area contributed by atoms with E-state index < -0.39 is 6.10 Å². The molecule has 0 fully saturated rings. The molecular weight excluding hydrogens is 412 g/mol. The molecule has 1 heterocycles. The smallest absolute Gasteiger partial charge is 0.169 e. The molecule has 4 rings (SSSR count). The summed E-state index contributed by atoms with van der Waals surface area (Å²) in [4.78, 5) is 2.07. The minimum atomic E-state index is -0.424. The van der Waals surface area contributed by atoms with Crippen LogP contribution in [0.5, 0.6) is 11.5 Å². The van der Waals surface area contributed by atoms with Crippen molar-refractivity contribution in [1.29, 1.82) is 0 Å². The first-order valence-electron chi connectivity index (χ1n) is 10.4. The van der Waals surface area contributed by atoms with Gasteiger partial charge in [0.2, 0.25) is 0 Å². The van der Waals surface area contributed by atoms with Crippen molar-refractivity contribution in [2.24, 2.45) is 0 Å². The summed E-state index contributed by atoms with van der Waals surface area (Å²) in [5.74, 6) is 2.26. The van der Waals surface area contributed by atoms with Crippen LogP contribution in [0.4, 0.5) is 8.78 Å². The number of hydrogen-bond acceptors (Lipinski definition) is 4. The molecule has 0 amide bonds. The number of nitrogens with zero attached hydrogens (tertiary/aromatic N) is 1. The maximum Gasteiger partial charge on any atom is 0.169 e. The molecule has 1 aliphatic heterocycles. The van der Waals surface area contributed by atoms with E-state index in [1.54, 1.807) is 24.3 Å². The second-order valence-electron chi connectivity index (χ2n) is 7.72. The van der Waals surface area contributed by atoms with E-state index in [0.717, 1.165) is 22.6 Å². The van der Waals surface area contributed by atoms with Crippen LogP contribution in [-0.2, 0) is 4.74 Å². The largest absolute Gasteiger partial charge is 0.455 e. The van der Waals surface area contributed by atoms with Crippen molar-refractivity contribution in [2.45, 2.75) is 13.0 Å². The number of para-hydroxylation sites is 2. The number of fused-ring (bicyclic) bond motifs is 1. The van der Waals surface area contributed by atoms with Gasteiger partial charge in [-0.15, -0.1) is 0 Å². The Morgan fingerprint density at radius 2 is 1.34 bits per heavy atom. The first-order chi connectivity index (χ1) is 15.5. The molecule has 0 aliphatic carbocycles. The summed E-state index contributed by atoms with van der Waals surface area (Å²) in [7, 11) is 1.97. The average Bonchev–Trinajstić information content (AvgIpc) is 2.79. The zero-order valence-electron chi connectivity index (χ0n) is 18.1. The van der Waals surface area contributed by atoms with Crippen molar-refractivity contribution >= 4 is 0 Å². The van der Waals surface area contributed by atoms with Crippen LogP contribution in [0.15, 0.2) is 84.3 Å². The fourth-order valence-corrected chi connectivity index (χ4v) is 3.50. The molecule has 0 saturated carbocycles. The molecule has 0 saturated heterocycles. The molecule has 4 nitrogen and oxygen atoms in total. The van der Waals surface area contributed by atoms with Crippen LogP contribution < -0.4 is 9.47 Å². The zero-order valence-corrected chi connectivity index (χ0v) is 18.1. The quantitative estimate of drug-likeness (QED) is 0.452. The number of likely N-dealkylation sites (N-methyl/N-ethyl adjacent to an activating group) is 1. The number of rotatable bonds is 8. The van der Waals surface area contributed by atoms with Crippen LogP contribution in [0.25, 0.3) is 0 Å². The minimum absolute atomic E-state index is 0.314. The first-order valence-corrected chi connectivity index (χ1v) is 10.4.